The molecule has 1 aromatic carbocycles. The Kier molecular flexibility index (Phi) is 5.79. The van der Waals surface area contributed by atoms with E-state index in [1.807, 2.05) is 53.6 Å². The van der Waals surface area contributed by atoms with E-state index in [1.165, 1.54) is 0 Å². The summed E-state index contributed by atoms with van der Waals surface area (Å²) >= 11 is 5.59. The zero-order valence-corrected chi connectivity index (χ0v) is 18.5. The van der Waals surface area contributed by atoms with Gasteiger partial charge in [0.25, 0.3) is 0 Å². The molecule has 0 spiro atoms. The van der Waals surface area contributed by atoms with Crippen LogP contribution < -0.4 is 15.5 Å². The van der Waals surface area contributed by atoms with E-state index >= 15 is 0 Å². The number of aromatic nitrogens is 3. The van der Waals surface area contributed by atoms with Gasteiger partial charge in [0.1, 0.15) is 6.10 Å². The van der Waals surface area contributed by atoms with Crippen molar-refractivity contribution >= 4 is 28.9 Å². The number of benzene rings is 1. The fraction of sp³-hybridized carbons (Fsp3) is 0.304. The number of nitrogens with one attached hydrogen (secondary N) is 2. The van der Waals surface area contributed by atoms with Gasteiger partial charge in [-0.05, 0) is 60.6 Å². The summed E-state index contributed by atoms with van der Waals surface area (Å²) in [5.74, 6) is -0.784. The normalized spacial score (nSPS) is 26.5. The van der Waals surface area contributed by atoms with Crippen LogP contribution in [0, 0.1) is 5.92 Å². The van der Waals surface area contributed by atoms with Crippen LogP contribution in [0.3, 0.4) is 0 Å². The second-order valence-corrected chi connectivity index (χ2v) is 8.67. The highest BCUT2D eigenvalue weighted by Crippen LogP contribution is 2.37. The number of nitrogens with zero attached hydrogens (tertiary/aromatic N) is 4. The number of hydrogen-bond acceptors (Lipinski definition) is 6. The monoisotopic (exact) mass is 464 g/mol. The number of aliphatic hydroxyl groups excluding tert-OH is 2. The molecule has 5 rings (SSSR count). The smallest absolute Gasteiger partial charge is 0.225 e. The lowest BCUT2D eigenvalue weighted by Gasteiger charge is -2.41. The third kappa shape index (κ3) is 4.08. The standard InChI is InChI=1S/C23H24N6O3S/c30-18-11-17(22(32)25-13-14-3-1-8-24-12-14)20-19(21(18)31)27-23(33)29(20)16-6-4-15(5-7-16)28-10-2-9-26-28/h1-10,12,17-21,30-31H,11,13H2,(H,25,32)(H,27,33)/t17-,18-,19-,20-,21+/m1/s1. The van der Waals surface area contributed by atoms with Crippen molar-refractivity contribution < 1.29 is 15.0 Å². The molecule has 1 aliphatic heterocycles. The molecule has 33 heavy (non-hydrogen) atoms. The summed E-state index contributed by atoms with van der Waals surface area (Å²) in [6.07, 6.45) is 5.00. The summed E-state index contributed by atoms with van der Waals surface area (Å²) in [6, 6.07) is 12.2. The first-order valence-electron chi connectivity index (χ1n) is 10.8. The first-order valence-corrected chi connectivity index (χ1v) is 11.2. The van der Waals surface area contributed by atoms with E-state index in [0.717, 1.165) is 16.9 Å². The van der Waals surface area contributed by atoms with Crippen LogP contribution in [0.4, 0.5) is 5.69 Å². The summed E-state index contributed by atoms with van der Waals surface area (Å²) in [5.41, 5.74) is 2.57. The molecule has 2 fully saturated rings. The topological polar surface area (TPSA) is 116 Å². The molecule has 2 aromatic heterocycles. The number of pyridine rings is 1. The number of carbonyl (C=O) groups excluding carboxylic acids is 1. The first-order chi connectivity index (χ1) is 16.0. The van der Waals surface area contributed by atoms with Gasteiger partial charge in [-0.15, -0.1) is 0 Å². The van der Waals surface area contributed by atoms with Crippen LogP contribution in [0.5, 0.6) is 0 Å². The molecule has 1 amide bonds. The molecule has 1 aliphatic carbocycles. The molecule has 0 unspecified atom stereocenters. The number of amides is 1. The number of fused-ring (bicyclic) bond motifs is 1. The highest BCUT2D eigenvalue weighted by Gasteiger charge is 2.53. The lowest BCUT2D eigenvalue weighted by atomic mass is 9.77. The third-order valence-corrected chi connectivity index (χ3v) is 6.58. The van der Waals surface area contributed by atoms with E-state index in [9.17, 15) is 15.0 Å². The number of hydrogen-bond donors (Lipinski definition) is 4. The molecule has 0 radical (unpaired) electrons. The van der Waals surface area contributed by atoms with Crippen molar-refractivity contribution in [2.45, 2.75) is 37.3 Å². The molecular formula is C23H24N6O3S. The van der Waals surface area contributed by atoms with Gasteiger partial charge in [0, 0.05) is 37.0 Å². The molecule has 1 saturated heterocycles. The summed E-state index contributed by atoms with van der Waals surface area (Å²) in [7, 11) is 0. The van der Waals surface area contributed by atoms with Gasteiger partial charge in [-0.25, -0.2) is 4.68 Å². The van der Waals surface area contributed by atoms with E-state index in [4.69, 9.17) is 12.2 Å². The fourth-order valence-electron chi connectivity index (χ4n) is 4.65. The minimum Gasteiger partial charge on any atom is -0.390 e. The van der Waals surface area contributed by atoms with Crippen molar-refractivity contribution in [1.82, 2.24) is 25.4 Å². The minimum absolute atomic E-state index is 0.132. The van der Waals surface area contributed by atoms with Crippen molar-refractivity contribution in [3.05, 3.63) is 72.8 Å². The van der Waals surface area contributed by atoms with Crippen LogP contribution in [-0.2, 0) is 11.3 Å². The van der Waals surface area contributed by atoms with Gasteiger partial charge in [0.05, 0.1) is 29.8 Å². The van der Waals surface area contributed by atoms with Gasteiger partial charge in [0.2, 0.25) is 5.91 Å². The molecule has 4 N–H and O–H groups in total. The van der Waals surface area contributed by atoms with Crippen molar-refractivity contribution in [1.29, 1.82) is 0 Å². The van der Waals surface area contributed by atoms with E-state index in [2.05, 4.69) is 20.7 Å². The molecule has 3 aromatic rings. The Hall–Kier alpha value is -3.34. The van der Waals surface area contributed by atoms with E-state index in [1.54, 1.807) is 23.3 Å². The van der Waals surface area contributed by atoms with Crippen molar-refractivity contribution in [3.63, 3.8) is 0 Å². The molecule has 0 bridgehead atoms. The van der Waals surface area contributed by atoms with Gasteiger partial charge in [-0.2, -0.15) is 5.10 Å². The zero-order chi connectivity index (χ0) is 22.9. The summed E-state index contributed by atoms with van der Waals surface area (Å²) < 4.78 is 1.75. The predicted octanol–water partition coefficient (Wildman–Crippen LogP) is 0.757. The average molecular weight is 465 g/mol. The zero-order valence-electron chi connectivity index (χ0n) is 17.7. The Morgan fingerprint density at radius 1 is 1.15 bits per heavy atom. The minimum atomic E-state index is -1.04. The molecule has 1 saturated carbocycles. The van der Waals surface area contributed by atoms with Gasteiger partial charge < -0.3 is 25.7 Å². The van der Waals surface area contributed by atoms with Crippen LogP contribution in [0.2, 0.25) is 0 Å². The van der Waals surface area contributed by atoms with Crippen molar-refractivity contribution in [2.75, 3.05) is 4.90 Å². The van der Waals surface area contributed by atoms with Crippen LogP contribution in [0.1, 0.15) is 12.0 Å². The number of anilines is 1. The Balaban J connectivity index is 1.41. The second-order valence-electron chi connectivity index (χ2n) is 8.28. The molecule has 3 heterocycles. The number of carbonyl (C=O) groups is 1. The van der Waals surface area contributed by atoms with Crippen molar-refractivity contribution in [2.24, 2.45) is 5.92 Å². The van der Waals surface area contributed by atoms with Crippen molar-refractivity contribution in [3.8, 4) is 5.69 Å². The maximum Gasteiger partial charge on any atom is 0.225 e. The first kappa shape index (κ1) is 21.5. The summed E-state index contributed by atoms with van der Waals surface area (Å²) in [6.45, 7) is 0.329. The number of aliphatic hydroxyl groups is 2. The maximum atomic E-state index is 13.2. The van der Waals surface area contributed by atoms with Crippen LogP contribution in [0.25, 0.3) is 5.69 Å². The SMILES string of the molecule is O=C(NCc1cccnc1)[C@@H]1C[C@@H](O)[C@H](O)[C@@H]2NC(=S)N(c3ccc(-n4cccn4)cc3)[C@@H]21. The molecule has 2 aliphatic rings. The Labute approximate surface area is 196 Å². The average Bonchev–Trinajstić information content (AvgIpc) is 3.49. The highest BCUT2D eigenvalue weighted by molar-refractivity contribution is 7.80. The van der Waals surface area contributed by atoms with Crippen LogP contribution in [0.15, 0.2) is 67.3 Å². The van der Waals surface area contributed by atoms with E-state index in [0.29, 0.717) is 11.7 Å². The van der Waals surface area contributed by atoms with Gasteiger partial charge in [0.15, 0.2) is 5.11 Å². The molecular weight excluding hydrogens is 440 g/mol. The number of thiocarbonyl (C=S) groups is 1. The number of rotatable bonds is 5. The molecule has 9 nitrogen and oxygen atoms in total. The summed E-state index contributed by atoms with van der Waals surface area (Å²) in [5, 5.41) is 31.8. The molecule has 5 atom stereocenters. The van der Waals surface area contributed by atoms with Crippen LogP contribution >= 0.6 is 12.2 Å². The molecule has 10 heteroatoms. The van der Waals surface area contributed by atoms with Crippen LogP contribution in [-0.4, -0.2) is 60.3 Å². The lowest BCUT2D eigenvalue weighted by Crippen LogP contribution is -2.60. The van der Waals surface area contributed by atoms with Gasteiger partial charge >= 0.3 is 0 Å². The quantitative estimate of drug-likeness (QED) is 0.409. The summed E-state index contributed by atoms with van der Waals surface area (Å²) in [4.78, 5) is 19.2. The predicted molar refractivity (Wildman–Crippen MR) is 126 cm³/mol. The Morgan fingerprint density at radius 2 is 1.94 bits per heavy atom. The molecule has 170 valence electrons. The largest absolute Gasteiger partial charge is 0.390 e. The lowest BCUT2D eigenvalue weighted by molar-refractivity contribution is -0.131. The second kappa shape index (κ2) is 8.89. The fourth-order valence-corrected chi connectivity index (χ4v) is 5.01. The van der Waals surface area contributed by atoms with E-state index in [-0.39, 0.29) is 12.3 Å². The highest BCUT2D eigenvalue weighted by atomic mass is 32.1. The maximum absolute atomic E-state index is 13.2. The van der Waals surface area contributed by atoms with E-state index < -0.39 is 30.2 Å². The third-order valence-electron chi connectivity index (χ3n) is 6.27. The van der Waals surface area contributed by atoms with Gasteiger partial charge in [-0.3, -0.25) is 9.78 Å². The van der Waals surface area contributed by atoms with Gasteiger partial charge in [-0.1, -0.05) is 6.07 Å². The Bertz CT molecular complexity index is 1120. The Morgan fingerprint density at radius 3 is 2.64 bits per heavy atom.